The van der Waals surface area contributed by atoms with Crippen LogP contribution in [-0.4, -0.2) is 32.2 Å². The minimum absolute atomic E-state index is 0.183. The van der Waals surface area contributed by atoms with Gasteiger partial charge in [0.1, 0.15) is 0 Å². The van der Waals surface area contributed by atoms with Gasteiger partial charge in [0.2, 0.25) is 0 Å². The molecule has 1 amide bonds. The van der Waals surface area contributed by atoms with Gasteiger partial charge >= 0.3 is 6.09 Å². The lowest BCUT2D eigenvalue weighted by molar-refractivity contribution is 0.139. The van der Waals surface area contributed by atoms with Crippen LogP contribution in [0, 0.1) is 6.92 Å². The fourth-order valence-corrected chi connectivity index (χ4v) is 3.07. The zero-order valence-corrected chi connectivity index (χ0v) is 14.1. The highest BCUT2D eigenvalue weighted by Gasteiger charge is 2.26. The van der Waals surface area contributed by atoms with E-state index in [1.165, 1.54) is 11.0 Å². The fraction of sp³-hybridized carbons (Fsp3) is 0.294. The molecular weight excluding hydrogens is 333 g/mol. The summed E-state index contributed by atoms with van der Waals surface area (Å²) in [7, 11) is 1.75. The molecule has 0 radical (unpaired) electrons. The second-order valence-corrected chi connectivity index (χ2v) is 6.20. The van der Waals surface area contributed by atoms with E-state index in [-0.39, 0.29) is 12.4 Å². The van der Waals surface area contributed by atoms with Crippen LogP contribution in [0.2, 0.25) is 5.02 Å². The van der Waals surface area contributed by atoms with E-state index in [9.17, 15) is 9.18 Å². The average molecular weight is 350 g/mol. The van der Waals surface area contributed by atoms with Crippen LogP contribution in [-0.2, 0) is 20.0 Å². The molecule has 0 atom stereocenters. The first kappa shape index (κ1) is 16.5. The Bertz CT molecular complexity index is 845. The summed E-state index contributed by atoms with van der Waals surface area (Å²) in [4.78, 5) is 16.7. The molecule has 0 saturated heterocycles. The lowest BCUT2D eigenvalue weighted by atomic mass is 10.1. The Morgan fingerprint density at radius 3 is 2.92 bits per heavy atom. The predicted octanol–water partition coefficient (Wildman–Crippen LogP) is 3.89. The molecule has 0 unspecified atom stereocenters. The molecule has 0 fully saturated rings. The second-order valence-electron chi connectivity index (χ2n) is 5.79. The summed E-state index contributed by atoms with van der Waals surface area (Å²) in [6.45, 7) is 2.40. The third-order valence-corrected chi connectivity index (χ3v) is 4.74. The Morgan fingerprint density at radius 1 is 1.46 bits per heavy atom. The number of halogens is 2. The SMILES string of the molecule is Cc1c(Cl)cccc1/C=C(\F)c1nc2c(n1C)CCN(C(=O)O)C2. The summed E-state index contributed by atoms with van der Waals surface area (Å²) < 4.78 is 16.4. The number of aromatic nitrogens is 2. The molecule has 1 aromatic heterocycles. The molecule has 7 heteroatoms. The molecule has 1 aromatic carbocycles. The van der Waals surface area contributed by atoms with Gasteiger partial charge in [-0.25, -0.2) is 14.2 Å². The normalized spacial score (nSPS) is 14.7. The number of fused-ring (bicyclic) bond motifs is 1. The van der Waals surface area contributed by atoms with E-state index in [4.69, 9.17) is 16.7 Å². The first-order valence-corrected chi connectivity index (χ1v) is 7.91. The van der Waals surface area contributed by atoms with E-state index in [2.05, 4.69) is 4.98 Å². The molecule has 1 N–H and O–H groups in total. The average Bonchev–Trinajstić information content (AvgIpc) is 2.88. The van der Waals surface area contributed by atoms with Gasteiger partial charge in [0.05, 0.1) is 12.2 Å². The van der Waals surface area contributed by atoms with Crippen LogP contribution in [0.4, 0.5) is 9.18 Å². The molecule has 1 aliphatic heterocycles. The smallest absolute Gasteiger partial charge is 0.407 e. The molecule has 1 aliphatic rings. The first-order valence-electron chi connectivity index (χ1n) is 7.53. The number of hydrogen-bond acceptors (Lipinski definition) is 2. The molecule has 126 valence electrons. The highest BCUT2D eigenvalue weighted by Crippen LogP contribution is 2.27. The summed E-state index contributed by atoms with van der Waals surface area (Å²) in [6, 6.07) is 5.31. The van der Waals surface area contributed by atoms with Crippen LogP contribution in [0.1, 0.15) is 28.3 Å². The maximum Gasteiger partial charge on any atom is 0.407 e. The molecular formula is C17H17ClFN3O2. The van der Waals surface area contributed by atoms with E-state index in [0.29, 0.717) is 29.2 Å². The summed E-state index contributed by atoms with van der Waals surface area (Å²) in [6.07, 6.45) is 0.942. The Balaban J connectivity index is 1.97. The quantitative estimate of drug-likeness (QED) is 0.895. The number of nitrogens with zero attached hydrogens (tertiary/aromatic N) is 3. The Labute approximate surface area is 144 Å². The summed E-state index contributed by atoms with van der Waals surface area (Å²) in [5.74, 6) is -0.272. The lowest BCUT2D eigenvalue weighted by Gasteiger charge is -2.23. The van der Waals surface area contributed by atoms with Crippen molar-refractivity contribution in [3.05, 3.63) is 51.6 Å². The largest absolute Gasteiger partial charge is 0.465 e. The van der Waals surface area contributed by atoms with Gasteiger partial charge in [-0.1, -0.05) is 23.7 Å². The molecule has 2 heterocycles. The maximum atomic E-state index is 14.7. The van der Waals surface area contributed by atoms with Crippen LogP contribution >= 0.6 is 11.6 Å². The molecule has 0 aliphatic carbocycles. The highest BCUT2D eigenvalue weighted by atomic mass is 35.5. The molecule has 24 heavy (non-hydrogen) atoms. The minimum Gasteiger partial charge on any atom is -0.465 e. The Morgan fingerprint density at radius 2 is 2.21 bits per heavy atom. The standard InChI is InChI=1S/C17H17ClFN3O2/c1-10-11(4-3-5-12(10)18)8-13(19)16-20-14-9-22(17(23)24)7-6-15(14)21(16)2/h3-5,8H,6-7,9H2,1-2H3,(H,23,24)/b13-8-. The van der Waals surface area contributed by atoms with E-state index >= 15 is 0 Å². The lowest BCUT2D eigenvalue weighted by Crippen LogP contribution is -2.35. The van der Waals surface area contributed by atoms with E-state index in [1.54, 1.807) is 29.8 Å². The molecule has 0 bridgehead atoms. The number of rotatable bonds is 2. The fourth-order valence-electron chi connectivity index (χ4n) is 2.89. The number of imidazole rings is 1. The van der Waals surface area contributed by atoms with Crippen molar-refractivity contribution in [2.45, 2.75) is 19.9 Å². The highest BCUT2D eigenvalue weighted by molar-refractivity contribution is 6.31. The van der Waals surface area contributed by atoms with Crippen LogP contribution < -0.4 is 0 Å². The number of carbonyl (C=O) groups is 1. The van der Waals surface area contributed by atoms with Gasteiger partial charge < -0.3 is 14.6 Å². The van der Waals surface area contributed by atoms with Gasteiger partial charge in [0.15, 0.2) is 11.7 Å². The van der Waals surface area contributed by atoms with E-state index in [0.717, 1.165) is 11.3 Å². The van der Waals surface area contributed by atoms with Crippen LogP contribution in [0.25, 0.3) is 11.9 Å². The number of carboxylic acid groups (broad SMARTS) is 1. The molecule has 0 saturated carbocycles. The monoisotopic (exact) mass is 349 g/mol. The van der Waals surface area contributed by atoms with Crippen molar-refractivity contribution in [3.63, 3.8) is 0 Å². The Hall–Kier alpha value is -2.34. The molecule has 0 spiro atoms. The predicted molar refractivity (Wildman–Crippen MR) is 90.5 cm³/mol. The third kappa shape index (κ3) is 2.89. The number of benzene rings is 1. The van der Waals surface area contributed by atoms with Crippen LogP contribution in [0.5, 0.6) is 0 Å². The van der Waals surface area contributed by atoms with Crippen molar-refractivity contribution in [2.75, 3.05) is 6.54 Å². The summed E-state index contributed by atoms with van der Waals surface area (Å²) in [5.41, 5.74) is 2.96. The number of hydrogen-bond donors (Lipinski definition) is 1. The van der Waals surface area contributed by atoms with Crippen molar-refractivity contribution in [1.82, 2.24) is 14.5 Å². The number of amides is 1. The van der Waals surface area contributed by atoms with Crippen molar-refractivity contribution < 1.29 is 14.3 Å². The van der Waals surface area contributed by atoms with Gasteiger partial charge in [0.25, 0.3) is 0 Å². The van der Waals surface area contributed by atoms with Gasteiger partial charge in [-0.2, -0.15) is 0 Å². The van der Waals surface area contributed by atoms with Gasteiger partial charge in [-0.05, 0) is 30.2 Å². The van der Waals surface area contributed by atoms with Crippen LogP contribution in [0.3, 0.4) is 0 Å². The van der Waals surface area contributed by atoms with E-state index < -0.39 is 11.9 Å². The van der Waals surface area contributed by atoms with Crippen LogP contribution in [0.15, 0.2) is 18.2 Å². The second kappa shape index (κ2) is 6.28. The third-order valence-electron chi connectivity index (χ3n) is 4.33. The van der Waals surface area contributed by atoms with Gasteiger partial charge in [-0.3, -0.25) is 0 Å². The molecule has 2 aromatic rings. The summed E-state index contributed by atoms with van der Waals surface area (Å²) in [5, 5.41) is 9.67. The van der Waals surface area contributed by atoms with Gasteiger partial charge in [-0.15, -0.1) is 0 Å². The van der Waals surface area contributed by atoms with Crippen molar-refractivity contribution in [2.24, 2.45) is 7.05 Å². The van der Waals surface area contributed by atoms with Crippen molar-refractivity contribution in [1.29, 1.82) is 0 Å². The minimum atomic E-state index is -0.988. The topological polar surface area (TPSA) is 58.4 Å². The Kier molecular flexibility index (Phi) is 4.32. The van der Waals surface area contributed by atoms with E-state index in [1.807, 2.05) is 6.92 Å². The summed E-state index contributed by atoms with van der Waals surface area (Å²) >= 11 is 6.07. The zero-order chi connectivity index (χ0) is 17.4. The molecule has 3 rings (SSSR count). The van der Waals surface area contributed by atoms with Gasteiger partial charge in [0, 0.05) is 30.7 Å². The van der Waals surface area contributed by atoms with Crippen molar-refractivity contribution >= 4 is 29.6 Å². The molecule has 5 nitrogen and oxygen atoms in total. The first-order chi connectivity index (χ1) is 11.4. The maximum absolute atomic E-state index is 14.7. The zero-order valence-electron chi connectivity index (χ0n) is 13.4. The van der Waals surface area contributed by atoms with Crippen molar-refractivity contribution in [3.8, 4) is 0 Å².